The van der Waals surface area contributed by atoms with E-state index < -0.39 is 12.2 Å². The molecule has 0 radical (unpaired) electrons. The van der Waals surface area contributed by atoms with Crippen LogP contribution in [0.5, 0.6) is 0 Å². The van der Waals surface area contributed by atoms with Gasteiger partial charge in [-0.25, -0.2) is 0 Å². The summed E-state index contributed by atoms with van der Waals surface area (Å²) >= 11 is 0. The first-order valence-corrected chi connectivity index (χ1v) is 6.36. The standard InChI is InChI=1S/C15H22O2/c1-15(2,3)12-8-6-11(7-9-12)14(17)13(16)10-4-5-10/h6-10,13-14,16-17H,4-5H2,1-3H3. The first-order valence-electron chi connectivity index (χ1n) is 6.36. The molecule has 2 nitrogen and oxygen atoms in total. The fourth-order valence-corrected chi connectivity index (χ4v) is 2.07. The number of aliphatic hydroxyl groups excluding tert-OH is 2. The molecule has 94 valence electrons. The fraction of sp³-hybridized carbons (Fsp3) is 0.600. The summed E-state index contributed by atoms with van der Waals surface area (Å²) in [5, 5.41) is 19.9. The van der Waals surface area contributed by atoms with Crippen LogP contribution in [0.2, 0.25) is 0 Å². The van der Waals surface area contributed by atoms with Crippen molar-refractivity contribution in [2.45, 2.75) is 51.2 Å². The summed E-state index contributed by atoms with van der Waals surface area (Å²) in [5.41, 5.74) is 2.19. The summed E-state index contributed by atoms with van der Waals surface area (Å²) in [4.78, 5) is 0. The molecule has 1 aliphatic carbocycles. The number of benzene rings is 1. The third-order valence-corrected chi connectivity index (χ3v) is 3.55. The fourth-order valence-electron chi connectivity index (χ4n) is 2.07. The minimum atomic E-state index is -0.739. The maximum atomic E-state index is 10.0. The van der Waals surface area contributed by atoms with Crippen molar-refractivity contribution in [3.05, 3.63) is 35.4 Å². The molecular weight excluding hydrogens is 212 g/mol. The van der Waals surface area contributed by atoms with Gasteiger partial charge in [0.15, 0.2) is 0 Å². The van der Waals surface area contributed by atoms with Gasteiger partial charge in [-0.05, 0) is 35.3 Å². The Morgan fingerprint density at radius 1 is 1.06 bits per heavy atom. The monoisotopic (exact) mass is 234 g/mol. The van der Waals surface area contributed by atoms with Crippen molar-refractivity contribution in [1.29, 1.82) is 0 Å². The molecule has 0 aromatic heterocycles. The number of hydrogen-bond donors (Lipinski definition) is 2. The minimum absolute atomic E-state index is 0.124. The molecule has 1 fully saturated rings. The van der Waals surface area contributed by atoms with Crippen LogP contribution in [0.1, 0.15) is 50.8 Å². The van der Waals surface area contributed by atoms with E-state index in [9.17, 15) is 10.2 Å². The molecule has 17 heavy (non-hydrogen) atoms. The molecule has 2 unspecified atom stereocenters. The van der Waals surface area contributed by atoms with Gasteiger partial charge in [0.1, 0.15) is 6.10 Å². The van der Waals surface area contributed by atoms with E-state index in [1.54, 1.807) is 0 Å². The maximum Gasteiger partial charge on any atom is 0.105 e. The molecule has 0 bridgehead atoms. The Bertz CT molecular complexity index is 371. The molecule has 1 aromatic carbocycles. The molecule has 2 rings (SSSR count). The van der Waals surface area contributed by atoms with Crippen LogP contribution in [-0.4, -0.2) is 16.3 Å². The van der Waals surface area contributed by atoms with E-state index >= 15 is 0 Å². The Kier molecular flexibility index (Phi) is 3.28. The predicted molar refractivity (Wildman–Crippen MR) is 68.8 cm³/mol. The first-order chi connectivity index (χ1) is 7.89. The smallest absolute Gasteiger partial charge is 0.105 e. The van der Waals surface area contributed by atoms with Gasteiger partial charge in [0.2, 0.25) is 0 Å². The summed E-state index contributed by atoms with van der Waals surface area (Å²) in [6.45, 7) is 6.49. The molecule has 1 aliphatic rings. The summed E-state index contributed by atoms with van der Waals surface area (Å²) in [6.07, 6.45) is 0.739. The zero-order chi connectivity index (χ0) is 12.6. The second kappa shape index (κ2) is 4.43. The van der Waals surface area contributed by atoms with Crippen molar-refractivity contribution in [3.8, 4) is 0 Å². The van der Waals surface area contributed by atoms with E-state index in [-0.39, 0.29) is 5.41 Å². The van der Waals surface area contributed by atoms with Crippen LogP contribution in [0, 0.1) is 5.92 Å². The Balaban J connectivity index is 2.11. The Hall–Kier alpha value is -0.860. The molecule has 0 amide bonds. The van der Waals surface area contributed by atoms with Crippen LogP contribution in [0.15, 0.2) is 24.3 Å². The molecule has 2 heteroatoms. The van der Waals surface area contributed by atoms with Gasteiger partial charge < -0.3 is 10.2 Å². The lowest BCUT2D eigenvalue weighted by molar-refractivity contribution is 0.00483. The second-order valence-electron chi connectivity index (χ2n) is 6.14. The highest BCUT2D eigenvalue weighted by molar-refractivity contribution is 5.29. The quantitative estimate of drug-likeness (QED) is 0.844. The highest BCUT2D eigenvalue weighted by atomic mass is 16.3. The van der Waals surface area contributed by atoms with E-state index in [4.69, 9.17) is 0 Å². The average molecular weight is 234 g/mol. The molecule has 0 saturated heterocycles. The van der Waals surface area contributed by atoms with Crippen molar-refractivity contribution in [1.82, 2.24) is 0 Å². The van der Waals surface area contributed by atoms with Crippen molar-refractivity contribution in [2.24, 2.45) is 5.92 Å². The molecular formula is C15H22O2. The topological polar surface area (TPSA) is 40.5 Å². The highest BCUT2D eigenvalue weighted by Gasteiger charge is 2.35. The van der Waals surface area contributed by atoms with Crippen molar-refractivity contribution in [2.75, 3.05) is 0 Å². The Morgan fingerprint density at radius 3 is 2.00 bits per heavy atom. The average Bonchev–Trinajstić information content (AvgIpc) is 3.10. The molecule has 0 spiro atoms. The van der Waals surface area contributed by atoms with Crippen LogP contribution in [-0.2, 0) is 5.41 Å². The lowest BCUT2D eigenvalue weighted by Crippen LogP contribution is -2.20. The van der Waals surface area contributed by atoms with Gasteiger partial charge in [-0.1, -0.05) is 45.0 Å². The van der Waals surface area contributed by atoms with Crippen LogP contribution < -0.4 is 0 Å². The maximum absolute atomic E-state index is 10.0. The van der Waals surface area contributed by atoms with Crippen molar-refractivity contribution < 1.29 is 10.2 Å². The third kappa shape index (κ3) is 2.88. The Labute approximate surface area is 103 Å². The summed E-state index contributed by atoms with van der Waals surface area (Å²) < 4.78 is 0. The van der Waals surface area contributed by atoms with Crippen molar-refractivity contribution >= 4 is 0 Å². The largest absolute Gasteiger partial charge is 0.390 e. The highest BCUT2D eigenvalue weighted by Crippen LogP contribution is 2.38. The molecule has 2 N–H and O–H groups in total. The zero-order valence-corrected chi connectivity index (χ0v) is 10.9. The van der Waals surface area contributed by atoms with E-state index in [1.807, 2.05) is 24.3 Å². The SMILES string of the molecule is CC(C)(C)c1ccc(C(O)C(O)C2CC2)cc1. The molecule has 1 aromatic rings. The van der Waals surface area contributed by atoms with Crippen LogP contribution in [0.25, 0.3) is 0 Å². The van der Waals surface area contributed by atoms with E-state index in [1.165, 1.54) is 5.56 Å². The third-order valence-electron chi connectivity index (χ3n) is 3.55. The number of rotatable bonds is 3. The summed E-state index contributed by atoms with van der Waals surface area (Å²) in [7, 11) is 0. The van der Waals surface area contributed by atoms with E-state index in [0.29, 0.717) is 5.92 Å². The second-order valence-corrected chi connectivity index (χ2v) is 6.14. The zero-order valence-electron chi connectivity index (χ0n) is 10.9. The Morgan fingerprint density at radius 2 is 1.59 bits per heavy atom. The van der Waals surface area contributed by atoms with Gasteiger partial charge in [-0.15, -0.1) is 0 Å². The van der Waals surface area contributed by atoms with Gasteiger partial charge in [0.05, 0.1) is 6.10 Å². The van der Waals surface area contributed by atoms with E-state index in [0.717, 1.165) is 18.4 Å². The van der Waals surface area contributed by atoms with Gasteiger partial charge in [0, 0.05) is 0 Å². The molecule has 2 atom stereocenters. The number of aliphatic hydroxyl groups is 2. The van der Waals surface area contributed by atoms with Gasteiger partial charge in [0.25, 0.3) is 0 Å². The number of hydrogen-bond acceptors (Lipinski definition) is 2. The van der Waals surface area contributed by atoms with Gasteiger partial charge in [-0.2, -0.15) is 0 Å². The first kappa shape index (κ1) is 12.6. The summed E-state index contributed by atoms with van der Waals surface area (Å²) in [6, 6.07) is 7.93. The van der Waals surface area contributed by atoms with Gasteiger partial charge in [-0.3, -0.25) is 0 Å². The van der Waals surface area contributed by atoms with E-state index in [2.05, 4.69) is 20.8 Å². The minimum Gasteiger partial charge on any atom is -0.390 e. The van der Waals surface area contributed by atoms with Crippen LogP contribution in [0.4, 0.5) is 0 Å². The normalized spacial score (nSPS) is 20.1. The predicted octanol–water partition coefficient (Wildman–Crippen LogP) is 2.79. The molecule has 1 saturated carbocycles. The lowest BCUT2D eigenvalue weighted by atomic mass is 9.86. The van der Waals surface area contributed by atoms with Gasteiger partial charge >= 0.3 is 0 Å². The lowest BCUT2D eigenvalue weighted by Gasteiger charge is -2.21. The van der Waals surface area contributed by atoms with Crippen LogP contribution in [0.3, 0.4) is 0 Å². The summed E-state index contributed by atoms with van der Waals surface area (Å²) in [5.74, 6) is 0.298. The molecule has 0 heterocycles. The molecule has 0 aliphatic heterocycles. The van der Waals surface area contributed by atoms with Crippen molar-refractivity contribution in [3.63, 3.8) is 0 Å². The van der Waals surface area contributed by atoms with Crippen LogP contribution >= 0.6 is 0 Å².